The molecule has 0 aliphatic heterocycles. The van der Waals surface area contributed by atoms with Gasteiger partial charge in [-0.25, -0.2) is 9.59 Å². The minimum atomic E-state index is -0.980. The Balaban J connectivity index is 2.69. The van der Waals surface area contributed by atoms with Crippen molar-refractivity contribution in [2.24, 2.45) is 5.92 Å². The van der Waals surface area contributed by atoms with Crippen molar-refractivity contribution in [3.63, 3.8) is 0 Å². The van der Waals surface area contributed by atoms with Gasteiger partial charge in [0.15, 0.2) is 0 Å². The van der Waals surface area contributed by atoms with E-state index >= 15 is 0 Å². The van der Waals surface area contributed by atoms with Crippen LogP contribution < -0.4 is 5.32 Å². The number of ketones is 1. The number of hydrogen-bond acceptors (Lipinski definition) is 5. The summed E-state index contributed by atoms with van der Waals surface area (Å²) in [6.45, 7) is 6.85. The quantitative estimate of drug-likeness (QED) is 0.250. The van der Waals surface area contributed by atoms with Gasteiger partial charge in [-0.3, -0.25) is 4.79 Å². The summed E-state index contributed by atoms with van der Waals surface area (Å²) in [6.07, 6.45) is 0.973. The van der Waals surface area contributed by atoms with Crippen molar-refractivity contribution in [2.45, 2.75) is 58.6 Å². The van der Waals surface area contributed by atoms with Crippen LogP contribution in [-0.2, 0) is 19.1 Å². The average Bonchev–Trinajstić information content (AvgIpc) is 3.20. The van der Waals surface area contributed by atoms with Gasteiger partial charge in [-0.1, -0.05) is 0 Å². The fourth-order valence-corrected chi connectivity index (χ4v) is 2.00. The molecule has 1 atom stereocenters. The number of alkyl carbamates (subject to hydrolysis) is 1. The van der Waals surface area contributed by atoms with Crippen LogP contribution in [0.1, 0.15) is 47.0 Å². The first-order valence-electron chi connectivity index (χ1n) is 7.59. The van der Waals surface area contributed by atoms with E-state index in [1.165, 1.54) is 0 Å². The van der Waals surface area contributed by atoms with Crippen LogP contribution >= 0.6 is 0 Å². The molecule has 0 aromatic carbocycles. The van der Waals surface area contributed by atoms with Gasteiger partial charge in [0.1, 0.15) is 5.60 Å². The van der Waals surface area contributed by atoms with Gasteiger partial charge in [0.25, 0.3) is 5.78 Å². The van der Waals surface area contributed by atoms with Crippen molar-refractivity contribution < 1.29 is 28.6 Å². The fraction of sp³-hybridized carbons (Fsp3) is 0.733. The third kappa shape index (κ3) is 6.61. The first-order valence-corrected chi connectivity index (χ1v) is 7.59. The van der Waals surface area contributed by atoms with Gasteiger partial charge in [0.2, 0.25) is 0 Å². The second-order valence-electron chi connectivity index (χ2n) is 6.39. The van der Waals surface area contributed by atoms with E-state index < -0.39 is 35.2 Å². The molecule has 1 rings (SSSR count). The molecule has 0 aromatic rings. The zero-order valence-electron chi connectivity index (χ0n) is 13.9. The second kappa shape index (κ2) is 7.87. The summed E-state index contributed by atoms with van der Waals surface area (Å²) in [5.41, 5.74) is 7.54. The summed E-state index contributed by atoms with van der Waals surface area (Å²) in [4.78, 5) is 38.2. The molecule has 1 saturated carbocycles. The first-order chi connectivity index (χ1) is 10.7. The molecule has 1 amide bonds. The standard InChI is InChI=1S/C15H23N3O5/c1-5-22-13(20)12(18-16)11(19)8-10(9-6-7-9)17-14(21)23-15(2,3)4/h9-10H,5-8H2,1-4H3,(H,17,21). The number of rotatable bonds is 7. The van der Waals surface area contributed by atoms with Crippen LogP contribution in [-0.4, -0.2) is 46.6 Å². The molecule has 1 unspecified atom stereocenters. The van der Waals surface area contributed by atoms with E-state index in [1.807, 2.05) is 0 Å². The minimum Gasteiger partial charge on any atom is -0.457 e. The Hall–Kier alpha value is -2.21. The highest BCUT2D eigenvalue weighted by Gasteiger charge is 2.39. The topological polar surface area (TPSA) is 118 Å². The lowest BCUT2D eigenvalue weighted by molar-refractivity contribution is -0.141. The first kappa shape index (κ1) is 18.8. The van der Waals surface area contributed by atoms with Gasteiger partial charge in [0.05, 0.1) is 6.61 Å². The number of carbonyl (C=O) groups is 3. The van der Waals surface area contributed by atoms with Crippen molar-refractivity contribution in [3.05, 3.63) is 5.53 Å². The Bertz CT molecular complexity index is 528. The largest absolute Gasteiger partial charge is 0.457 e. The van der Waals surface area contributed by atoms with Crippen LogP contribution in [0.15, 0.2) is 0 Å². The lowest BCUT2D eigenvalue weighted by atomic mass is 10.0. The number of nitrogens with one attached hydrogen (secondary N) is 1. The van der Waals surface area contributed by atoms with E-state index in [0.717, 1.165) is 12.8 Å². The Labute approximate surface area is 135 Å². The van der Waals surface area contributed by atoms with Crippen molar-refractivity contribution in [1.29, 1.82) is 0 Å². The Morgan fingerprint density at radius 3 is 2.35 bits per heavy atom. The van der Waals surface area contributed by atoms with E-state index in [4.69, 9.17) is 10.3 Å². The van der Waals surface area contributed by atoms with Gasteiger partial charge < -0.3 is 20.3 Å². The summed E-state index contributed by atoms with van der Waals surface area (Å²) in [6, 6.07) is -0.469. The van der Waals surface area contributed by atoms with Crippen molar-refractivity contribution in [3.8, 4) is 0 Å². The number of carbonyl (C=O) groups excluding carboxylic acids is 3. The average molecular weight is 325 g/mol. The predicted molar refractivity (Wildman–Crippen MR) is 80.8 cm³/mol. The molecule has 0 heterocycles. The number of nitrogens with zero attached hydrogens (tertiary/aromatic N) is 2. The monoisotopic (exact) mass is 325 g/mol. The van der Waals surface area contributed by atoms with Gasteiger partial charge in [-0.05, 0) is 46.5 Å². The number of ether oxygens (including phenoxy) is 2. The maximum Gasteiger partial charge on any atom is 0.441 e. The van der Waals surface area contributed by atoms with Gasteiger partial charge in [0, 0.05) is 12.5 Å². The third-order valence-corrected chi connectivity index (χ3v) is 3.13. The summed E-state index contributed by atoms with van der Waals surface area (Å²) in [7, 11) is 0. The van der Waals surface area contributed by atoms with E-state index in [2.05, 4.69) is 14.8 Å². The number of Topliss-reactive ketones (excluding diaryl/α,β-unsaturated/α-hetero) is 1. The van der Waals surface area contributed by atoms with Crippen LogP contribution in [0.3, 0.4) is 0 Å². The maximum atomic E-state index is 12.1. The van der Waals surface area contributed by atoms with Gasteiger partial charge in [-0.15, -0.1) is 0 Å². The molecule has 1 aliphatic carbocycles. The normalized spacial score (nSPS) is 15.1. The summed E-state index contributed by atoms with van der Waals surface area (Å²) in [5, 5.41) is 2.65. The molecule has 0 spiro atoms. The Kier molecular flexibility index (Phi) is 6.45. The van der Waals surface area contributed by atoms with Gasteiger partial charge >= 0.3 is 17.8 Å². The Morgan fingerprint density at radius 2 is 1.91 bits per heavy atom. The maximum absolute atomic E-state index is 12.1. The lowest BCUT2D eigenvalue weighted by Gasteiger charge is -2.23. The number of esters is 1. The molecule has 8 heteroatoms. The van der Waals surface area contributed by atoms with E-state index in [-0.39, 0.29) is 18.9 Å². The highest BCUT2D eigenvalue weighted by Crippen LogP contribution is 2.34. The van der Waals surface area contributed by atoms with Crippen LogP contribution in [0.5, 0.6) is 0 Å². The van der Waals surface area contributed by atoms with Crippen molar-refractivity contribution in [1.82, 2.24) is 5.32 Å². The molecular formula is C15H23N3O5. The molecule has 8 nitrogen and oxygen atoms in total. The molecule has 1 fully saturated rings. The number of amides is 1. The van der Waals surface area contributed by atoms with Crippen LogP contribution in [0.4, 0.5) is 4.79 Å². The van der Waals surface area contributed by atoms with Crippen LogP contribution in [0.25, 0.3) is 5.53 Å². The predicted octanol–water partition coefficient (Wildman–Crippen LogP) is 1.48. The zero-order chi connectivity index (χ0) is 17.6. The lowest BCUT2D eigenvalue weighted by Crippen LogP contribution is -2.43. The molecule has 23 heavy (non-hydrogen) atoms. The SMILES string of the molecule is CCOC(=O)C(=[N+]=[N-])C(=O)CC(NC(=O)OC(C)(C)C)C1CC1. The smallest absolute Gasteiger partial charge is 0.441 e. The highest BCUT2D eigenvalue weighted by atomic mass is 16.6. The molecule has 0 bridgehead atoms. The molecular weight excluding hydrogens is 302 g/mol. The summed E-state index contributed by atoms with van der Waals surface area (Å²) < 4.78 is 9.83. The van der Waals surface area contributed by atoms with Crippen molar-refractivity contribution >= 4 is 23.6 Å². The zero-order valence-corrected chi connectivity index (χ0v) is 13.9. The van der Waals surface area contributed by atoms with E-state index in [9.17, 15) is 14.4 Å². The van der Waals surface area contributed by atoms with Crippen molar-refractivity contribution in [2.75, 3.05) is 6.61 Å². The number of hydrogen-bond donors (Lipinski definition) is 1. The molecule has 0 saturated heterocycles. The fourth-order valence-electron chi connectivity index (χ4n) is 2.00. The molecule has 1 aliphatic rings. The molecule has 0 aromatic heterocycles. The third-order valence-electron chi connectivity index (χ3n) is 3.13. The van der Waals surface area contributed by atoms with E-state index in [0.29, 0.717) is 0 Å². The van der Waals surface area contributed by atoms with Crippen LogP contribution in [0, 0.1) is 5.92 Å². The van der Waals surface area contributed by atoms with E-state index in [1.54, 1.807) is 27.7 Å². The molecule has 128 valence electrons. The second-order valence-corrected chi connectivity index (χ2v) is 6.39. The molecule has 1 N–H and O–H groups in total. The molecule has 0 radical (unpaired) electrons. The minimum absolute atomic E-state index is 0.0628. The van der Waals surface area contributed by atoms with Gasteiger partial charge in [-0.2, -0.15) is 4.79 Å². The summed E-state index contributed by atoms with van der Waals surface area (Å²) >= 11 is 0. The Morgan fingerprint density at radius 1 is 1.30 bits per heavy atom. The van der Waals surface area contributed by atoms with Crippen LogP contribution in [0.2, 0.25) is 0 Å². The highest BCUT2D eigenvalue weighted by molar-refractivity contribution is 6.62. The summed E-state index contributed by atoms with van der Waals surface area (Å²) in [5.74, 6) is -1.51.